The third-order valence-corrected chi connectivity index (χ3v) is 4.50. The van der Waals surface area contributed by atoms with Crippen molar-refractivity contribution in [3.8, 4) is 6.07 Å². The molecule has 2 heterocycles. The highest BCUT2D eigenvalue weighted by molar-refractivity contribution is 5.50. The second-order valence-corrected chi connectivity index (χ2v) is 5.99. The zero-order valence-corrected chi connectivity index (χ0v) is 11.7. The van der Waals surface area contributed by atoms with E-state index in [9.17, 15) is 0 Å². The van der Waals surface area contributed by atoms with Gasteiger partial charge < -0.3 is 4.90 Å². The van der Waals surface area contributed by atoms with E-state index in [0.717, 1.165) is 18.7 Å². The van der Waals surface area contributed by atoms with Crippen molar-refractivity contribution < 1.29 is 0 Å². The van der Waals surface area contributed by atoms with Crippen molar-refractivity contribution in [3.05, 3.63) is 29.8 Å². The molecule has 3 heteroatoms. The number of nitriles is 1. The van der Waals surface area contributed by atoms with Crippen molar-refractivity contribution in [1.82, 2.24) is 4.90 Å². The summed E-state index contributed by atoms with van der Waals surface area (Å²) in [7, 11) is 0. The van der Waals surface area contributed by atoms with Gasteiger partial charge in [0.05, 0.1) is 11.6 Å². The second-order valence-electron chi connectivity index (χ2n) is 5.99. The van der Waals surface area contributed by atoms with Crippen LogP contribution in [0.15, 0.2) is 24.3 Å². The molecular weight excluding hydrogens is 234 g/mol. The van der Waals surface area contributed by atoms with E-state index in [1.165, 1.54) is 18.5 Å². The van der Waals surface area contributed by atoms with Gasteiger partial charge in [-0.15, -0.1) is 0 Å². The summed E-state index contributed by atoms with van der Waals surface area (Å²) >= 11 is 0. The Morgan fingerprint density at radius 2 is 1.68 bits per heavy atom. The highest BCUT2D eigenvalue weighted by atomic mass is 15.3. The van der Waals surface area contributed by atoms with Crippen LogP contribution in [-0.2, 0) is 0 Å². The van der Waals surface area contributed by atoms with Gasteiger partial charge >= 0.3 is 0 Å². The predicted octanol–water partition coefficient (Wildman–Crippen LogP) is 2.62. The summed E-state index contributed by atoms with van der Waals surface area (Å²) in [4.78, 5) is 5.18. The molecule has 0 N–H and O–H groups in total. The van der Waals surface area contributed by atoms with Gasteiger partial charge in [0, 0.05) is 36.9 Å². The zero-order valence-electron chi connectivity index (χ0n) is 11.7. The lowest BCUT2D eigenvalue weighted by atomic mass is 10.1. The maximum Gasteiger partial charge on any atom is 0.0991 e. The molecule has 1 aromatic rings. The van der Waals surface area contributed by atoms with Crippen LogP contribution in [0.2, 0.25) is 0 Å². The number of nitrogens with zero attached hydrogens (tertiary/aromatic N) is 3. The molecule has 19 heavy (non-hydrogen) atoms. The number of benzene rings is 1. The minimum atomic E-state index is 0.653. The molecule has 0 spiro atoms. The van der Waals surface area contributed by atoms with E-state index in [1.807, 2.05) is 12.1 Å². The third kappa shape index (κ3) is 2.21. The van der Waals surface area contributed by atoms with Gasteiger partial charge in [-0.25, -0.2) is 0 Å². The molecule has 3 nitrogen and oxygen atoms in total. The van der Waals surface area contributed by atoms with Gasteiger partial charge in [0.25, 0.3) is 0 Å². The molecule has 1 aromatic carbocycles. The standard InChI is InChI=1S/C16H21N3/c1-12(2)19-15-7-8-16(19)11-18(10-15)14-5-3-13(9-17)4-6-14/h3-6,12,15-16H,7-8,10-11H2,1-2H3. The normalized spacial score (nSPS) is 26.7. The number of anilines is 1. The van der Waals surface area contributed by atoms with E-state index < -0.39 is 0 Å². The Hall–Kier alpha value is -1.53. The predicted molar refractivity (Wildman–Crippen MR) is 77.2 cm³/mol. The van der Waals surface area contributed by atoms with Gasteiger partial charge in [0.15, 0.2) is 0 Å². The number of hydrogen-bond acceptors (Lipinski definition) is 3. The molecule has 0 aliphatic carbocycles. The average molecular weight is 255 g/mol. The first kappa shape index (κ1) is 12.5. The Bertz CT molecular complexity index is 472. The average Bonchev–Trinajstić information content (AvgIpc) is 2.70. The van der Waals surface area contributed by atoms with Crippen LogP contribution in [-0.4, -0.2) is 36.1 Å². The first-order valence-corrected chi connectivity index (χ1v) is 7.21. The Morgan fingerprint density at radius 3 is 2.16 bits per heavy atom. The lowest BCUT2D eigenvalue weighted by Crippen LogP contribution is -2.56. The van der Waals surface area contributed by atoms with E-state index in [2.05, 4.69) is 41.8 Å². The Labute approximate surface area is 115 Å². The van der Waals surface area contributed by atoms with E-state index in [-0.39, 0.29) is 0 Å². The van der Waals surface area contributed by atoms with Gasteiger partial charge in [-0.2, -0.15) is 5.26 Å². The van der Waals surface area contributed by atoms with Gasteiger partial charge in [-0.1, -0.05) is 0 Å². The summed E-state index contributed by atoms with van der Waals surface area (Å²) in [6.07, 6.45) is 2.66. The van der Waals surface area contributed by atoms with Crippen molar-refractivity contribution in [2.45, 2.75) is 44.8 Å². The molecule has 2 atom stereocenters. The van der Waals surface area contributed by atoms with Crippen LogP contribution >= 0.6 is 0 Å². The lowest BCUT2D eigenvalue weighted by molar-refractivity contribution is 0.129. The number of fused-ring (bicyclic) bond motifs is 2. The molecule has 2 aliphatic rings. The SMILES string of the molecule is CC(C)N1C2CCC1CN(c1ccc(C#N)cc1)C2. The van der Waals surface area contributed by atoms with Crippen molar-refractivity contribution in [2.24, 2.45) is 0 Å². The van der Waals surface area contributed by atoms with Crippen molar-refractivity contribution in [2.75, 3.05) is 18.0 Å². The van der Waals surface area contributed by atoms with E-state index in [4.69, 9.17) is 5.26 Å². The van der Waals surface area contributed by atoms with Gasteiger partial charge in [-0.05, 0) is 51.0 Å². The fourth-order valence-electron chi connectivity index (χ4n) is 3.74. The number of hydrogen-bond donors (Lipinski definition) is 0. The highest BCUT2D eigenvalue weighted by Crippen LogP contribution is 2.34. The molecule has 2 fully saturated rings. The summed E-state index contributed by atoms with van der Waals surface area (Å²) < 4.78 is 0. The van der Waals surface area contributed by atoms with Crippen LogP contribution in [0.1, 0.15) is 32.3 Å². The van der Waals surface area contributed by atoms with Crippen molar-refractivity contribution in [1.29, 1.82) is 5.26 Å². The smallest absolute Gasteiger partial charge is 0.0991 e. The molecular formula is C16H21N3. The first-order valence-electron chi connectivity index (χ1n) is 7.21. The lowest BCUT2D eigenvalue weighted by Gasteiger charge is -2.44. The van der Waals surface area contributed by atoms with Crippen LogP contribution < -0.4 is 4.90 Å². The summed E-state index contributed by atoms with van der Waals surface area (Å²) in [5, 5.41) is 8.86. The molecule has 2 bridgehead atoms. The van der Waals surface area contributed by atoms with E-state index in [0.29, 0.717) is 18.1 Å². The summed E-state index contributed by atoms with van der Waals surface area (Å²) in [5.74, 6) is 0. The second kappa shape index (κ2) is 4.86. The molecule has 0 saturated carbocycles. The molecule has 0 aromatic heterocycles. The summed E-state index contributed by atoms with van der Waals surface area (Å²) in [6, 6.07) is 12.3. The molecule has 3 rings (SSSR count). The molecule has 100 valence electrons. The Balaban J connectivity index is 1.77. The fourth-order valence-corrected chi connectivity index (χ4v) is 3.74. The minimum absolute atomic E-state index is 0.653. The molecule has 2 aliphatic heterocycles. The number of piperazine rings is 1. The maximum absolute atomic E-state index is 8.86. The third-order valence-electron chi connectivity index (χ3n) is 4.50. The van der Waals surface area contributed by atoms with Crippen LogP contribution in [0.25, 0.3) is 0 Å². The summed E-state index contributed by atoms with van der Waals surface area (Å²) in [6.45, 7) is 6.87. The van der Waals surface area contributed by atoms with Crippen LogP contribution in [0.5, 0.6) is 0 Å². The highest BCUT2D eigenvalue weighted by Gasteiger charge is 2.40. The topological polar surface area (TPSA) is 30.3 Å². The fraction of sp³-hybridized carbons (Fsp3) is 0.562. The van der Waals surface area contributed by atoms with Crippen molar-refractivity contribution in [3.63, 3.8) is 0 Å². The number of rotatable bonds is 2. The summed E-state index contributed by atoms with van der Waals surface area (Å²) in [5.41, 5.74) is 2.01. The van der Waals surface area contributed by atoms with Crippen LogP contribution in [0.4, 0.5) is 5.69 Å². The molecule has 0 radical (unpaired) electrons. The van der Waals surface area contributed by atoms with Gasteiger partial charge in [0.2, 0.25) is 0 Å². The molecule has 2 unspecified atom stereocenters. The minimum Gasteiger partial charge on any atom is -0.368 e. The maximum atomic E-state index is 8.86. The molecule has 2 saturated heterocycles. The Kier molecular flexibility index (Phi) is 3.20. The monoisotopic (exact) mass is 255 g/mol. The van der Waals surface area contributed by atoms with E-state index in [1.54, 1.807) is 0 Å². The zero-order chi connectivity index (χ0) is 13.4. The van der Waals surface area contributed by atoms with Gasteiger partial charge in [-0.3, -0.25) is 4.90 Å². The largest absolute Gasteiger partial charge is 0.368 e. The van der Waals surface area contributed by atoms with Crippen LogP contribution in [0, 0.1) is 11.3 Å². The van der Waals surface area contributed by atoms with E-state index >= 15 is 0 Å². The Morgan fingerprint density at radius 1 is 1.11 bits per heavy atom. The first-order chi connectivity index (χ1) is 9.19. The quantitative estimate of drug-likeness (QED) is 0.814. The van der Waals surface area contributed by atoms with Crippen molar-refractivity contribution >= 4 is 5.69 Å². The molecule has 0 amide bonds. The van der Waals surface area contributed by atoms with Crippen LogP contribution in [0.3, 0.4) is 0 Å². The van der Waals surface area contributed by atoms with Gasteiger partial charge in [0.1, 0.15) is 0 Å².